The summed E-state index contributed by atoms with van der Waals surface area (Å²) in [7, 11) is 1.37. The minimum absolute atomic E-state index is 0.189. The Balaban J connectivity index is 2.62. The molecule has 1 N–H and O–H groups in total. The molecule has 1 atom stereocenters. The van der Waals surface area contributed by atoms with Crippen LogP contribution in [0, 0.1) is 0 Å². The first-order valence-corrected chi connectivity index (χ1v) is 9.98. The summed E-state index contributed by atoms with van der Waals surface area (Å²) in [6.07, 6.45) is 17.5. The van der Waals surface area contributed by atoms with E-state index in [1.807, 2.05) is 12.2 Å². The number of hydrogen-bond acceptors (Lipinski definition) is 4. The molecule has 0 saturated carbocycles. The molecular formula is C21H29BrO4. The van der Waals surface area contributed by atoms with Crippen LogP contribution in [0.15, 0.2) is 46.5 Å². The van der Waals surface area contributed by atoms with Crippen LogP contribution in [0.2, 0.25) is 0 Å². The van der Waals surface area contributed by atoms with E-state index in [2.05, 4.69) is 33.7 Å². The Kier molecular flexibility index (Phi) is 10.4. The Morgan fingerprint density at radius 3 is 2.65 bits per heavy atom. The predicted molar refractivity (Wildman–Crippen MR) is 108 cm³/mol. The number of halogens is 1. The zero-order valence-electron chi connectivity index (χ0n) is 15.7. The van der Waals surface area contributed by atoms with Crippen molar-refractivity contribution in [3.05, 3.63) is 46.5 Å². The summed E-state index contributed by atoms with van der Waals surface area (Å²) >= 11 is 3.23. The first-order chi connectivity index (χ1) is 12.4. The molecule has 0 spiro atoms. The van der Waals surface area contributed by atoms with Gasteiger partial charge in [-0.3, -0.25) is 9.59 Å². The summed E-state index contributed by atoms with van der Waals surface area (Å²) in [5.74, 6) is -0.415. The lowest BCUT2D eigenvalue weighted by Crippen LogP contribution is -2.27. The Bertz CT molecular complexity index is 601. The van der Waals surface area contributed by atoms with E-state index in [-0.39, 0.29) is 11.8 Å². The van der Waals surface area contributed by atoms with Gasteiger partial charge in [0.1, 0.15) is 5.60 Å². The van der Waals surface area contributed by atoms with Gasteiger partial charge < -0.3 is 9.84 Å². The molecule has 0 amide bonds. The number of ether oxygens (including phenoxy) is 1. The number of rotatable bonds is 11. The van der Waals surface area contributed by atoms with Crippen molar-refractivity contribution in [3.8, 4) is 0 Å². The summed E-state index contributed by atoms with van der Waals surface area (Å²) < 4.78 is 4.98. The molecule has 1 aliphatic carbocycles. The quantitative estimate of drug-likeness (QED) is 0.221. The van der Waals surface area contributed by atoms with E-state index < -0.39 is 5.60 Å². The zero-order valence-corrected chi connectivity index (χ0v) is 17.3. The van der Waals surface area contributed by atoms with E-state index in [0.29, 0.717) is 35.7 Å². The predicted octanol–water partition coefficient (Wildman–Crippen LogP) is 4.93. The maximum Gasteiger partial charge on any atom is 0.305 e. The Morgan fingerprint density at radius 2 is 1.96 bits per heavy atom. The maximum atomic E-state index is 12.3. The molecule has 0 saturated heterocycles. The molecule has 0 bridgehead atoms. The van der Waals surface area contributed by atoms with Crippen LogP contribution in [0.3, 0.4) is 0 Å². The SMILES string of the molecule is CCCCC/C=C\C[C@@]1(O)C=C(Br)C(=O)/C1=C/C=C\CCCC(=O)OC. The minimum atomic E-state index is -1.27. The van der Waals surface area contributed by atoms with Crippen molar-refractivity contribution in [1.82, 2.24) is 0 Å². The number of unbranched alkanes of at least 4 members (excludes halogenated alkanes) is 4. The van der Waals surface area contributed by atoms with Crippen LogP contribution in [0.5, 0.6) is 0 Å². The highest BCUT2D eigenvalue weighted by atomic mass is 79.9. The number of carbonyl (C=O) groups is 2. The zero-order chi connectivity index (χ0) is 19.4. The van der Waals surface area contributed by atoms with Gasteiger partial charge in [-0.25, -0.2) is 0 Å². The molecule has 0 fully saturated rings. The normalized spacial score (nSPS) is 21.9. The molecule has 0 aliphatic heterocycles. The van der Waals surface area contributed by atoms with E-state index in [1.165, 1.54) is 20.0 Å². The van der Waals surface area contributed by atoms with Crippen molar-refractivity contribution in [3.63, 3.8) is 0 Å². The molecule has 0 aromatic carbocycles. The van der Waals surface area contributed by atoms with Crippen LogP contribution < -0.4 is 0 Å². The highest BCUT2D eigenvalue weighted by Gasteiger charge is 2.39. The van der Waals surface area contributed by atoms with Crippen molar-refractivity contribution in [2.24, 2.45) is 0 Å². The Morgan fingerprint density at radius 1 is 1.23 bits per heavy atom. The number of allylic oxidation sites excluding steroid dienone is 5. The smallest absolute Gasteiger partial charge is 0.305 e. The highest BCUT2D eigenvalue weighted by molar-refractivity contribution is 9.12. The van der Waals surface area contributed by atoms with Gasteiger partial charge in [-0.15, -0.1) is 0 Å². The number of methoxy groups -OCH3 is 1. The van der Waals surface area contributed by atoms with E-state index in [9.17, 15) is 14.7 Å². The Labute approximate surface area is 164 Å². The first-order valence-electron chi connectivity index (χ1n) is 9.19. The second-order valence-electron chi connectivity index (χ2n) is 6.39. The van der Waals surface area contributed by atoms with Crippen LogP contribution in [0.4, 0.5) is 0 Å². The maximum absolute atomic E-state index is 12.3. The number of aliphatic hydroxyl groups is 1. The fraction of sp³-hybridized carbons (Fsp3) is 0.524. The fourth-order valence-electron chi connectivity index (χ4n) is 2.69. The van der Waals surface area contributed by atoms with Crippen LogP contribution in [-0.4, -0.2) is 29.6 Å². The van der Waals surface area contributed by atoms with Crippen molar-refractivity contribution in [1.29, 1.82) is 0 Å². The number of carbonyl (C=O) groups excluding carboxylic acids is 2. The third kappa shape index (κ3) is 7.42. The topological polar surface area (TPSA) is 63.6 Å². The minimum Gasteiger partial charge on any atom is -0.469 e. The summed E-state index contributed by atoms with van der Waals surface area (Å²) in [5.41, 5.74) is -0.903. The van der Waals surface area contributed by atoms with Crippen LogP contribution in [-0.2, 0) is 14.3 Å². The van der Waals surface area contributed by atoms with Gasteiger partial charge in [-0.2, -0.15) is 0 Å². The van der Waals surface area contributed by atoms with E-state index in [4.69, 9.17) is 0 Å². The molecule has 0 radical (unpaired) electrons. The molecule has 5 heteroatoms. The van der Waals surface area contributed by atoms with E-state index in [1.54, 1.807) is 18.2 Å². The third-order valence-electron chi connectivity index (χ3n) is 4.24. The Hall–Kier alpha value is -1.46. The number of Topliss-reactive ketones (excluding diaryl/α,β-unsaturated/α-hetero) is 1. The summed E-state index contributed by atoms with van der Waals surface area (Å²) in [6.45, 7) is 2.17. The molecule has 1 aliphatic rings. The molecule has 144 valence electrons. The lowest BCUT2D eigenvalue weighted by Gasteiger charge is -2.20. The average Bonchev–Trinajstić information content (AvgIpc) is 2.83. The van der Waals surface area contributed by atoms with Gasteiger partial charge in [-0.1, -0.05) is 50.1 Å². The van der Waals surface area contributed by atoms with Crippen molar-refractivity contribution in [2.75, 3.05) is 7.11 Å². The van der Waals surface area contributed by atoms with Gasteiger partial charge in [0.05, 0.1) is 11.6 Å². The highest BCUT2D eigenvalue weighted by Crippen LogP contribution is 2.36. The van der Waals surface area contributed by atoms with Gasteiger partial charge in [0.15, 0.2) is 5.78 Å². The lowest BCUT2D eigenvalue weighted by atomic mass is 9.92. The van der Waals surface area contributed by atoms with Gasteiger partial charge in [0, 0.05) is 18.4 Å². The molecule has 0 unspecified atom stereocenters. The monoisotopic (exact) mass is 424 g/mol. The van der Waals surface area contributed by atoms with Crippen LogP contribution in [0.1, 0.15) is 58.3 Å². The molecule has 4 nitrogen and oxygen atoms in total. The molecular weight excluding hydrogens is 396 g/mol. The largest absolute Gasteiger partial charge is 0.469 e. The number of ketones is 1. The van der Waals surface area contributed by atoms with Crippen molar-refractivity contribution >= 4 is 27.7 Å². The van der Waals surface area contributed by atoms with Crippen LogP contribution in [0.25, 0.3) is 0 Å². The van der Waals surface area contributed by atoms with E-state index in [0.717, 1.165) is 12.8 Å². The number of hydrogen-bond donors (Lipinski definition) is 1. The van der Waals surface area contributed by atoms with Gasteiger partial charge >= 0.3 is 5.97 Å². The first kappa shape index (κ1) is 22.6. The van der Waals surface area contributed by atoms with Gasteiger partial charge in [-0.05, 0) is 47.7 Å². The van der Waals surface area contributed by atoms with Gasteiger partial charge in [0.25, 0.3) is 0 Å². The lowest BCUT2D eigenvalue weighted by molar-refractivity contribution is -0.140. The number of esters is 1. The molecule has 0 heterocycles. The standard InChI is InChI=1S/C21H29BrO4/c1-3-4-5-6-9-12-15-21(25)16-18(22)20(24)17(21)13-10-7-8-11-14-19(23)26-2/h7,9-10,12-13,16,25H,3-6,8,11,14-15H2,1-2H3/b10-7-,12-9-,17-13-/t21-/m1/s1. The summed E-state index contributed by atoms with van der Waals surface area (Å²) in [4.78, 5) is 23.3. The second kappa shape index (κ2) is 12.0. The van der Waals surface area contributed by atoms with Crippen molar-refractivity contribution < 1.29 is 19.4 Å². The van der Waals surface area contributed by atoms with Gasteiger partial charge in [0.2, 0.25) is 0 Å². The summed E-state index contributed by atoms with van der Waals surface area (Å²) in [5, 5.41) is 10.9. The second-order valence-corrected chi connectivity index (χ2v) is 7.25. The molecule has 26 heavy (non-hydrogen) atoms. The summed E-state index contributed by atoms with van der Waals surface area (Å²) in [6, 6.07) is 0. The molecule has 0 aromatic rings. The van der Waals surface area contributed by atoms with Crippen LogP contribution >= 0.6 is 15.9 Å². The molecule has 1 rings (SSSR count). The van der Waals surface area contributed by atoms with Crippen molar-refractivity contribution in [2.45, 2.75) is 63.9 Å². The third-order valence-corrected chi connectivity index (χ3v) is 4.83. The fourth-order valence-corrected chi connectivity index (χ4v) is 3.28. The molecule has 0 aromatic heterocycles. The van der Waals surface area contributed by atoms with E-state index >= 15 is 0 Å². The average molecular weight is 425 g/mol.